The monoisotopic (exact) mass is 241 g/mol. The topological polar surface area (TPSA) is 70.9 Å². The van der Waals surface area contributed by atoms with Crippen molar-refractivity contribution in [1.29, 1.82) is 0 Å². The third-order valence-corrected chi connectivity index (χ3v) is 2.74. The molecule has 0 bridgehead atoms. The zero-order chi connectivity index (χ0) is 13.3. The molecule has 4 N–H and O–H groups in total. The highest BCUT2D eigenvalue weighted by Crippen LogP contribution is 2.21. The summed E-state index contributed by atoms with van der Waals surface area (Å²) in [7, 11) is 0. The van der Waals surface area contributed by atoms with Crippen LogP contribution in [0.5, 0.6) is 0 Å². The van der Waals surface area contributed by atoms with Gasteiger partial charge in [0.25, 0.3) is 5.91 Å². The number of fused-ring (bicyclic) bond motifs is 1. The molecule has 4 nitrogen and oxygen atoms in total. The van der Waals surface area contributed by atoms with Crippen LogP contribution in [0.25, 0.3) is 10.9 Å². The van der Waals surface area contributed by atoms with Crippen molar-refractivity contribution in [3.8, 4) is 12.3 Å². The molecule has 0 aliphatic carbocycles. The first-order valence-corrected chi connectivity index (χ1v) is 5.60. The quantitative estimate of drug-likeness (QED) is 0.555. The molecule has 0 spiro atoms. The molecule has 0 unspecified atom stereocenters. The first kappa shape index (κ1) is 12.1. The van der Waals surface area contributed by atoms with E-state index in [4.69, 9.17) is 12.2 Å². The van der Waals surface area contributed by atoms with E-state index in [2.05, 4.69) is 16.2 Å². The summed E-state index contributed by atoms with van der Waals surface area (Å²) in [5.74, 6) is 2.33. The molecule has 1 heterocycles. The maximum atomic E-state index is 12.1. The van der Waals surface area contributed by atoms with Crippen LogP contribution in [0, 0.1) is 12.3 Å². The molecule has 0 aliphatic heterocycles. The molecule has 0 saturated carbocycles. The number of amides is 1. The van der Waals surface area contributed by atoms with E-state index in [1.165, 1.54) is 0 Å². The number of nitrogen functional groups attached to an aromatic ring is 1. The normalized spacial score (nSPS) is 11.2. The molecule has 1 aromatic carbocycles. The van der Waals surface area contributed by atoms with E-state index in [9.17, 15) is 4.79 Å². The number of nitrogens with one attached hydrogen (secondary N) is 2. The average Bonchev–Trinajstić information content (AvgIpc) is 2.71. The summed E-state index contributed by atoms with van der Waals surface area (Å²) in [4.78, 5) is 15.1. The number of carbonyl (C=O) groups is 1. The van der Waals surface area contributed by atoms with Gasteiger partial charge in [0.15, 0.2) is 0 Å². The van der Waals surface area contributed by atoms with Crippen LogP contribution in [0.15, 0.2) is 24.4 Å². The van der Waals surface area contributed by atoms with Crippen LogP contribution in [0.2, 0.25) is 0 Å². The Kier molecular flexibility index (Phi) is 2.76. The Morgan fingerprint density at radius 3 is 2.89 bits per heavy atom. The highest BCUT2D eigenvalue weighted by atomic mass is 16.1. The standard InChI is InChI=1S/C14H15N3O/c1-4-14(2,3)17-13(18)11-8-16-12-7-9(15)5-6-10(11)12/h1,5-8,16H,15H2,2-3H3,(H,17,18). The molecule has 2 rings (SSSR count). The maximum Gasteiger partial charge on any atom is 0.254 e. The van der Waals surface area contributed by atoms with Gasteiger partial charge in [-0.1, -0.05) is 5.92 Å². The second-order valence-corrected chi connectivity index (χ2v) is 4.73. The summed E-state index contributed by atoms with van der Waals surface area (Å²) >= 11 is 0. The number of hydrogen-bond donors (Lipinski definition) is 3. The lowest BCUT2D eigenvalue weighted by Crippen LogP contribution is -2.42. The zero-order valence-electron chi connectivity index (χ0n) is 10.4. The Morgan fingerprint density at radius 2 is 2.22 bits per heavy atom. The van der Waals surface area contributed by atoms with Gasteiger partial charge < -0.3 is 16.0 Å². The van der Waals surface area contributed by atoms with Crippen molar-refractivity contribution in [2.45, 2.75) is 19.4 Å². The first-order valence-electron chi connectivity index (χ1n) is 5.60. The van der Waals surface area contributed by atoms with Gasteiger partial charge in [0.1, 0.15) is 0 Å². The third kappa shape index (κ3) is 2.16. The summed E-state index contributed by atoms with van der Waals surface area (Å²) in [6.07, 6.45) is 7.01. The predicted octanol–water partition coefficient (Wildman–Crippen LogP) is 1.89. The molecule has 2 aromatic rings. The number of aromatic amines is 1. The maximum absolute atomic E-state index is 12.1. The fourth-order valence-corrected chi connectivity index (χ4v) is 1.72. The van der Waals surface area contributed by atoms with Crippen molar-refractivity contribution < 1.29 is 4.79 Å². The summed E-state index contributed by atoms with van der Waals surface area (Å²) in [6, 6.07) is 5.37. The number of carbonyl (C=O) groups excluding carboxylic acids is 1. The number of nitrogens with two attached hydrogens (primary N) is 1. The molecule has 0 radical (unpaired) electrons. The second-order valence-electron chi connectivity index (χ2n) is 4.73. The SMILES string of the molecule is C#CC(C)(C)NC(=O)c1c[nH]c2cc(N)ccc12. The minimum absolute atomic E-state index is 0.200. The zero-order valence-corrected chi connectivity index (χ0v) is 10.4. The molecule has 1 amide bonds. The van der Waals surface area contributed by atoms with E-state index in [1.807, 2.05) is 6.07 Å². The summed E-state index contributed by atoms with van der Waals surface area (Å²) in [5.41, 5.74) is 7.06. The lowest BCUT2D eigenvalue weighted by atomic mass is 10.1. The van der Waals surface area contributed by atoms with Crippen molar-refractivity contribution in [2.24, 2.45) is 0 Å². The molecular formula is C14H15N3O. The van der Waals surface area contributed by atoms with Gasteiger partial charge in [0, 0.05) is 22.8 Å². The van der Waals surface area contributed by atoms with Crippen LogP contribution in [-0.4, -0.2) is 16.4 Å². The van der Waals surface area contributed by atoms with Gasteiger partial charge in [0.05, 0.1) is 11.1 Å². The average molecular weight is 241 g/mol. The van der Waals surface area contributed by atoms with Crippen LogP contribution in [0.4, 0.5) is 5.69 Å². The summed E-state index contributed by atoms with van der Waals surface area (Å²) in [6.45, 7) is 3.55. The predicted molar refractivity (Wildman–Crippen MR) is 73.1 cm³/mol. The van der Waals surface area contributed by atoms with Crippen LogP contribution < -0.4 is 11.1 Å². The number of aromatic nitrogens is 1. The second kappa shape index (κ2) is 4.11. The highest BCUT2D eigenvalue weighted by molar-refractivity contribution is 6.07. The smallest absolute Gasteiger partial charge is 0.254 e. The largest absolute Gasteiger partial charge is 0.399 e. The summed E-state index contributed by atoms with van der Waals surface area (Å²) < 4.78 is 0. The Bertz CT molecular complexity index is 647. The Labute approximate surface area is 106 Å². The fourth-order valence-electron chi connectivity index (χ4n) is 1.72. The lowest BCUT2D eigenvalue weighted by Gasteiger charge is -2.19. The van der Waals surface area contributed by atoms with Crippen molar-refractivity contribution >= 4 is 22.5 Å². The molecule has 18 heavy (non-hydrogen) atoms. The highest BCUT2D eigenvalue weighted by Gasteiger charge is 2.20. The number of benzene rings is 1. The Balaban J connectivity index is 2.38. The number of rotatable bonds is 2. The van der Waals surface area contributed by atoms with E-state index in [1.54, 1.807) is 32.2 Å². The van der Waals surface area contributed by atoms with Crippen LogP contribution in [0.1, 0.15) is 24.2 Å². The minimum Gasteiger partial charge on any atom is -0.399 e. The molecule has 0 fully saturated rings. The van der Waals surface area contributed by atoms with Gasteiger partial charge in [-0.3, -0.25) is 4.79 Å². The van der Waals surface area contributed by atoms with Crippen molar-refractivity contribution in [2.75, 3.05) is 5.73 Å². The van der Waals surface area contributed by atoms with E-state index in [0.717, 1.165) is 10.9 Å². The van der Waals surface area contributed by atoms with Gasteiger partial charge in [0.2, 0.25) is 0 Å². The Hall–Kier alpha value is -2.41. The number of anilines is 1. The van der Waals surface area contributed by atoms with Gasteiger partial charge in [-0.2, -0.15) is 0 Å². The number of terminal acetylenes is 1. The van der Waals surface area contributed by atoms with E-state index in [0.29, 0.717) is 11.3 Å². The van der Waals surface area contributed by atoms with E-state index in [-0.39, 0.29) is 5.91 Å². The van der Waals surface area contributed by atoms with Crippen LogP contribution >= 0.6 is 0 Å². The first-order chi connectivity index (χ1) is 8.43. The van der Waals surface area contributed by atoms with E-state index < -0.39 is 5.54 Å². The Morgan fingerprint density at radius 1 is 1.50 bits per heavy atom. The number of H-pyrrole nitrogens is 1. The van der Waals surface area contributed by atoms with E-state index >= 15 is 0 Å². The molecule has 0 aliphatic rings. The van der Waals surface area contributed by atoms with Crippen molar-refractivity contribution in [3.63, 3.8) is 0 Å². The molecule has 0 saturated heterocycles. The van der Waals surface area contributed by atoms with Crippen LogP contribution in [-0.2, 0) is 0 Å². The van der Waals surface area contributed by atoms with Gasteiger partial charge in [-0.25, -0.2) is 0 Å². The molecular weight excluding hydrogens is 226 g/mol. The fraction of sp³-hybridized carbons (Fsp3) is 0.214. The summed E-state index contributed by atoms with van der Waals surface area (Å²) in [5, 5.41) is 3.62. The molecule has 92 valence electrons. The van der Waals surface area contributed by atoms with Gasteiger partial charge in [-0.15, -0.1) is 6.42 Å². The third-order valence-electron chi connectivity index (χ3n) is 2.74. The molecule has 0 atom stereocenters. The van der Waals surface area contributed by atoms with Crippen molar-refractivity contribution in [1.82, 2.24) is 10.3 Å². The van der Waals surface area contributed by atoms with Crippen molar-refractivity contribution in [3.05, 3.63) is 30.0 Å². The number of hydrogen-bond acceptors (Lipinski definition) is 2. The van der Waals surface area contributed by atoms with Gasteiger partial charge >= 0.3 is 0 Å². The lowest BCUT2D eigenvalue weighted by molar-refractivity contribution is 0.0931. The van der Waals surface area contributed by atoms with Gasteiger partial charge in [-0.05, 0) is 32.0 Å². The molecule has 4 heteroatoms. The van der Waals surface area contributed by atoms with Crippen LogP contribution in [0.3, 0.4) is 0 Å². The molecule has 1 aromatic heterocycles. The minimum atomic E-state index is -0.672.